The largest absolute Gasteiger partial charge is 0.481 e. The summed E-state index contributed by atoms with van der Waals surface area (Å²) in [5.41, 5.74) is 2.01. The van der Waals surface area contributed by atoms with Crippen molar-refractivity contribution in [3.05, 3.63) is 35.4 Å². The molecule has 104 valence electrons. The molecule has 4 heteroatoms. The highest BCUT2D eigenvalue weighted by molar-refractivity contribution is 5.94. The van der Waals surface area contributed by atoms with Crippen molar-refractivity contribution in [2.24, 2.45) is 5.92 Å². The van der Waals surface area contributed by atoms with E-state index in [0.29, 0.717) is 5.92 Å². The highest BCUT2D eigenvalue weighted by atomic mass is 16.5. The fourth-order valence-corrected chi connectivity index (χ4v) is 1.79. The molecule has 1 aromatic rings. The van der Waals surface area contributed by atoms with Crippen LogP contribution in [-0.2, 0) is 20.7 Å². The van der Waals surface area contributed by atoms with E-state index in [9.17, 15) is 9.59 Å². The van der Waals surface area contributed by atoms with Crippen molar-refractivity contribution in [2.75, 3.05) is 6.61 Å². The summed E-state index contributed by atoms with van der Waals surface area (Å²) in [4.78, 5) is 22.7. The molecule has 4 nitrogen and oxygen atoms in total. The van der Waals surface area contributed by atoms with Crippen LogP contribution in [0.25, 0.3) is 0 Å². The summed E-state index contributed by atoms with van der Waals surface area (Å²) in [5.74, 6) is -2.53. The zero-order valence-electron chi connectivity index (χ0n) is 11.6. The van der Waals surface area contributed by atoms with Crippen LogP contribution in [0.3, 0.4) is 0 Å². The zero-order chi connectivity index (χ0) is 14.4. The zero-order valence-corrected chi connectivity index (χ0v) is 11.6. The molecule has 0 fully saturated rings. The summed E-state index contributed by atoms with van der Waals surface area (Å²) in [5, 5.41) is 9.07. The number of ether oxygens (including phenoxy) is 1. The maximum atomic E-state index is 11.6. The number of carbonyl (C=O) groups excluding carboxylic acids is 1. The summed E-state index contributed by atoms with van der Waals surface area (Å²) in [6.45, 7) is 6.03. The van der Waals surface area contributed by atoms with E-state index in [1.165, 1.54) is 5.56 Å². The molecule has 0 saturated carbocycles. The molecule has 0 radical (unpaired) electrons. The second kappa shape index (κ2) is 6.92. The van der Waals surface area contributed by atoms with E-state index in [1.54, 1.807) is 6.92 Å². The molecule has 0 bridgehead atoms. The van der Waals surface area contributed by atoms with E-state index in [0.717, 1.165) is 5.56 Å². The molecule has 0 aliphatic rings. The Hall–Kier alpha value is -1.84. The molecule has 0 aromatic heterocycles. The number of hydrogen-bond donors (Lipinski definition) is 1. The molecule has 1 aromatic carbocycles. The van der Waals surface area contributed by atoms with Gasteiger partial charge in [-0.2, -0.15) is 0 Å². The Labute approximate surface area is 113 Å². The Morgan fingerprint density at radius 2 is 1.79 bits per heavy atom. The van der Waals surface area contributed by atoms with Crippen LogP contribution in [0.2, 0.25) is 0 Å². The predicted molar refractivity (Wildman–Crippen MR) is 72.0 cm³/mol. The molecule has 0 aliphatic heterocycles. The van der Waals surface area contributed by atoms with Gasteiger partial charge in [-0.25, -0.2) is 0 Å². The van der Waals surface area contributed by atoms with Gasteiger partial charge in [-0.1, -0.05) is 38.1 Å². The minimum absolute atomic E-state index is 0.159. The summed E-state index contributed by atoms with van der Waals surface area (Å²) in [6.07, 6.45) is 0.159. The first-order valence-electron chi connectivity index (χ1n) is 6.44. The monoisotopic (exact) mass is 264 g/mol. The number of carboxylic acids is 1. The van der Waals surface area contributed by atoms with Crippen molar-refractivity contribution in [3.8, 4) is 0 Å². The van der Waals surface area contributed by atoms with Crippen molar-refractivity contribution in [2.45, 2.75) is 33.1 Å². The number of carbonyl (C=O) groups is 2. The van der Waals surface area contributed by atoms with Gasteiger partial charge < -0.3 is 9.84 Å². The minimum Gasteiger partial charge on any atom is -0.481 e. The Kier molecular flexibility index (Phi) is 5.55. The number of esters is 1. The van der Waals surface area contributed by atoms with Crippen molar-refractivity contribution in [3.63, 3.8) is 0 Å². The SMILES string of the molecule is CCOC(=O)C(Cc1ccc(C(C)C)cc1)C(=O)O. The van der Waals surface area contributed by atoms with Crippen LogP contribution < -0.4 is 0 Å². The first-order chi connectivity index (χ1) is 8.95. The maximum Gasteiger partial charge on any atom is 0.320 e. The maximum absolute atomic E-state index is 11.6. The number of aliphatic carboxylic acids is 1. The lowest BCUT2D eigenvalue weighted by molar-refractivity contribution is -0.158. The first kappa shape index (κ1) is 15.2. The molecule has 0 saturated heterocycles. The average Bonchev–Trinajstić information content (AvgIpc) is 2.36. The number of carboxylic acid groups (broad SMARTS) is 1. The molecule has 0 heterocycles. The Bertz CT molecular complexity index is 434. The second-order valence-electron chi connectivity index (χ2n) is 4.74. The van der Waals surface area contributed by atoms with Crippen LogP contribution in [0, 0.1) is 5.92 Å². The van der Waals surface area contributed by atoms with Crippen LogP contribution in [0.5, 0.6) is 0 Å². The number of hydrogen-bond acceptors (Lipinski definition) is 3. The van der Waals surface area contributed by atoms with Gasteiger partial charge in [0.15, 0.2) is 5.92 Å². The molecule has 1 N–H and O–H groups in total. The normalized spacial score (nSPS) is 12.2. The molecule has 0 spiro atoms. The molecule has 1 rings (SSSR count). The van der Waals surface area contributed by atoms with Gasteiger partial charge in [0.1, 0.15) is 0 Å². The van der Waals surface area contributed by atoms with Crippen molar-refractivity contribution in [1.29, 1.82) is 0 Å². The van der Waals surface area contributed by atoms with Gasteiger partial charge in [0, 0.05) is 0 Å². The van der Waals surface area contributed by atoms with Crippen molar-refractivity contribution < 1.29 is 19.4 Å². The summed E-state index contributed by atoms with van der Waals surface area (Å²) in [7, 11) is 0. The van der Waals surface area contributed by atoms with E-state index in [-0.39, 0.29) is 13.0 Å². The molecular weight excluding hydrogens is 244 g/mol. The minimum atomic E-state index is -1.15. The van der Waals surface area contributed by atoms with Crippen LogP contribution in [0.1, 0.15) is 37.8 Å². The standard InChI is InChI=1S/C15H20O4/c1-4-19-15(18)13(14(16)17)9-11-5-7-12(8-6-11)10(2)3/h5-8,10,13H,4,9H2,1-3H3,(H,16,17). The third-order valence-corrected chi connectivity index (χ3v) is 2.96. The van der Waals surface area contributed by atoms with Gasteiger partial charge in [-0.15, -0.1) is 0 Å². The van der Waals surface area contributed by atoms with Crippen LogP contribution >= 0.6 is 0 Å². The molecule has 19 heavy (non-hydrogen) atoms. The predicted octanol–water partition coefficient (Wildman–Crippen LogP) is 2.62. The number of benzene rings is 1. The number of rotatable bonds is 6. The van der Waals surface area contributed by atoms with Gasteiger partial charge in [0.2, 0.25) is 0 Å². The smallest absolute Gasteiger partial charge is 0.320 e. The average molecular weight is 264 g/mol. The lowest BCUT2D eigenvalue weighted by Crippen LogP contribution is -2.27. The third kappa shape index (κ3) is 4.39. The van der Waals surface area contributed by atoms with Crippen molar-refractivity contribution >= 4 is 11.9 Å². The lowest BCUT2D eigenvalue weighted by Gasteiger charge is -2.12. The molecule has 1 atom stereocenters. The van der Waals surface area contributed by atoms with E-state index < -0.39 is 17.9 Å². The van der Waals surface area contributed by atoms with Gasteiger partial charge in [0.05, 0.1) is 6.61 Å². The Morgan fingerprint density at radius 3 is 2.21 bits per heavy atom. The molecule has 1 unspecified atom stereocenters. The van der Waals surface area contributed by atoms with Gasteiger partial charge in [0.25, 0.3) is 0 Å². The van der Waals surface area contributed by atoms with Crippen LogP contribution in [-0.4, -0.2) is 23.7 Å². The Morgan fingerprint density at radius 1 is 1.21 bits per heavy atom. The van der Waals surface area contributed by atoms with Gasteiger partial charge in [-0.05, 0) is 30.4 Å². The quantitative estimate of drug-likeness (QED) is 0.633. The van der Waals surface area contributed by atoms with Crippen LogP contribution in [0.15, 0.2) is 24.3 Å². The summed E-state index contributed by atoms with van der Waals surface area (Å²) >= 11 is 0. The molecular formula is C15H20O4. The summed E-state index contributed by atoms with van der Waals surface area (Å²) < 4.78 is 4.78. The lowest BCUT2D eigenvalue weighted by atomic mass is 9.96. The van der Waals surface area contributed by atoms with Crippen LogP contribution in [0.4, 0.5) is 0 Å². The first-order valence-corrected chi connectivity index (χ1v) is 6.44. The Balaban J connectivity index is 2.79. The molecule has 0 amide bonds. The fraction of sp³-hybridized carbons (Fsp3) is 0.467. The highest BCUT2D eigenvalue weighted by Crippen LogP contribution is 2.17. The van der Waals surface area contributed by atoms with Gasteiger partial charge in [-0.3, -0.25) is 9.59 Å². The van der Waals surface area contributed by atoms with Gasteiger partial charge >= 0.3 is 11.9 Å². The van der Waals surface area contributed by atoms with E-state index in [4.69, 9.17) is 9.84 Å². The van der Waals surface area contributed by atoms with E-state index >= 15 is 0 Å². The summed E-state index contributed by atoms with van der Waals surface area (Å²) in [6, 6.07) is 7.66. The molecule has 0 aliphatic carbocycles. The topological polar surface area (TPSA) is 63.6 Å². The van der Waals surface area contributed by atoms with Crippen molar-refractivity contribution in [1.82, 2.24) is 0 Å². The van der Waals surface area contributed by atoms with E-state index in [2.05, 4.69) is 13.8 Å². The second-order valence-corrected chi connectivity index (χ2v) is 4.74. The third-order valence-electron chi connectivity index (χ3n) is 2.96. The fourth-order valence-electron chi connectivity index (χ4n) is 1.79. The highest BCUT2D eigenvalue weighted by Gasteiger charge is 2.27. The van der Waals surface area contributed by atoms with E-state index in [1.807, 2.05) is 24.3 Å².